The normalized spacial score (nSPS) is 14.8. The first-order valence-corrected chi connectivity index (χ1v) is 12.7. The molecule has 34 heavy (non-hydrogen) atoms. The number of rotatable bonds is 15. The summed E-state index contributed by atoms with van der Waals surface area (Å²) in [6.07, 6.45) is 5.44. The molecule has 0 aliphatic carbocycles. The Bertz CT molecular complexity index is 802. The van der Waals surface area contributed by atoms with Gasteiger partial charge in [0.2, 0.25) is 17.7 Å². The van der Waals surface area contributed by atoms with Crippen molar-refractivity contribution in [3.63, 3.8) is 0 Å². The number of carboxylic acids is 1. The molecule has 0 aliphatic heterocycles. The highest BCUT2D eigenvalue weighted by atomic mass is 32.2. The maximum Gasteiger partial charge on any atom is 0.326 e. The van der Waals surface area contributed by atoms with Crippen LogP contribution in [0.2, 0.25) is 0 Å². The molecule has 0 saturated heterocycles. The number of hydrogen-bond donors (Lipinski definition) is 6. The molecule has 0 spiro atoms. The Hall–Kier alpha value is -2.60. The zero-order valence-corrected chi connectivity index (χ0v) is 21.3. The molecule has 0 radical (unpaired) electrons. The van der Waals surface area contributed by atoms with E-state index in [1.807, 2.05) is 34.0 Å². The summed E-state index contributed by atoms with van der Waals surface area (Å²) in [5.74, 6) is -2.21. The van der Waals surface area contributed by atoms with Crippen molar-refractivity contribution in [3.8, 4) is 0 Å². The molecule has 1 aromatic heterocycles. The second-order valence-electron chi connectivity index (χ2n) is 8.98. The molecule has 12 heteroatoms. The highest BCUT2D eigenvalue weighted by Gasteiger charge is 2.31. The summed E-state index contributed by atoms with van der Waals surface area (Å²) in [4.78, 5) is 56.9. The van der Waals surface area contributed by atoms with E-state index < -0.39 is 47.9 Å². The lowest BCUT2D eigenvalue weighted by atomic mass is 10.00. The van der Waals surface area contributed by atoms with Crippen molar-refractivity contribution in [1.82, 2.24) is 25.9 Å². The van der Waals surface area contributed by atoms with Gasteiger partial charge in [-0.25, -0.2) is 9.78 Å². The number of H-pyrrole nitrogens is 1. The monoisotopic (exact) mass is 498 g/mol. The van der Waals surface area contributed by atoms with E-state index in [0.717, 1.165) is 0 Å². The standard InChI is InChI=1S/C22H38N6O5S/c1-12(2)8-16(27-21(31)18(23)13(3)4)20(30)26-15(6-7-34-5)19(29)28-17(22(32)33)9-14-10-24-11-25-14/h10-13,15-18H,6-9,23H2,1-5H3,(H,24,25)(H,26,30)(H,27,31)(H,28,29)(H,32,33). The number of nitrogens with two attached hydrogens (primary N) is 1. The van der Waals surface area contributed by atoms with Gasteiger partial charge >= 0.3 is 5.97 Å². The van der Waals surface area contributed by atoms with E-state index in [-0.39, 0.29) is 18.3 Å². The Balaban J connectivity index is 2.96. The molecule has 4 unspecified atom stereocenters. The molecule has 0 fully saturated rings. The third-order valence-corrected chi connectivity index (χ3v) is 5.84. The van der Waals surface area contributed by atoms with Gasteiger partial charge in [-0.05, 0) is 36.7 Å². The minimum Gasteiger partial charge on any atom is -0.480 e. The summed E-state index contributed by atoms with van der Waals surface area (Å²) in [7, 11) is 0. The minimum absolute atomic E-state index is 0.0173. The first-order valence-electron chi connectivity index (χ1n) is 11.3. The number of aromatic amines is 1. The first kappa shape index (κ1) is 29.4. The highest BCUT2D eigenvalue weighted by molar-refractivity contribution is 7.98. The van der Waals surface area contributed by atoms with Crippen molar-refractivity contribution in [2.75, 3.05) is 12.0 Å². The van der Waals surface area contributed by atoms with E-state index in [4.69, 9.17) is 5.73 Å². The van der Waals surface area contributed by atoms with Crippen LogP contribution in [0.4, 0.5) is 0 Å². The van der Waals surface area contributed by atoms with Crippen molar-refractivity contribution in [3.05, 3.63) is 18.2 Å². The van der Waals surface area contributed by atoms with E-state index in [0.29, 0.717) is 24.3 Å². The Kier molecular flexibility index (Phi) is 12.7. The maximum atomic E-state index is 13.1. The van der Waals surface area contributed by atoms with Gasteiger partial charge in [-0.1, -0.05) is 27.7 Å². The van der Waals surface area contributed by atoms with Gasteiger partial charge in [-0.15, -0.1) is 0 Å². The number of amides is 3. The fourth-order valence-electron chi connectivity index (χ4n) is 3.14. The fourth-order valence-corrected chi connectivity index (χ4v) is 3.61. The number of carbonyl (C=O) groups is 4. The van der Waals surface area contributed by atoms with Gasteiger partial charge < -0.3 is 31.8 Å². The number of nitrogens with one attached hydrogen (secondary N) is 4. The molecule has 0 aliphatic rings. The lowest BCUT2D eigenvalue weighted by Crippen LogP contribution is -2.58. The molecule has 11 nitrogen and oxygen atoms in total. The first-order chi connectivity index (χ1) is 16.0. The van der Waals surface area contributed by atoms with Crippen LogP contribution in [0.3, 0.4) is 0 Å². The zero-order chi connectivity index (χ0) is 25.8. The van der Waals surface area contributed by atoms with E-state index in [1.54, 1.807) is 0 Å². The van der Waals surface area contributed by atoms with Gasteiger partial charge in [0, 0.05) is 18.3 Å². The molecule has 3 amide bonds. The molecule has 0 bridgehead atoms. The fraction of sp³-hybridized carbons (Fsp3) is 0.682. The highest BCUT2D eigenvalue weighted by Crippen LogP contribution is 2.09. The third-order valence-electron chi connectivity index (χ3n) is 5.20. The summed E-state index contributed by atoms with van der Waals surface area (Å²) in [6.45, 7) is 7.46. The minimum atomic E-state index is -1.20. The van der Waals surface area contributed by atoms with Crippen LogP contribution in [0.25, 0.3) is 0 Å². The summed E-state index contributed by atoms with van der Waals surface area (Å²) < 4.78 is 0. The molecule has 0 saturated carbocycles. The van der Waals surface area contributed by atoms with Gasteiger partial charge in [-0.2, -0.15) is 11.8 Å². The number of nitrogens with zero attached hydrogens (tertiary/aromatic N) is 1. The smallest absolute Gasteiger partial charge is 0.326 e. The molecule has 7 N–H and O–H groups in total. The van der Waals surface area contributed by atoms with Gasteiger partial charge in [-0.3, -0.25) is 14.4 Å². The van der Waals surface area contributed by atoms with Gasteiger partial charge in [0.1, 0.15) is 18.1 Å². The summed E-state index contributed by atoms with van der Waals surface area (Å²) in [5, 5.41) is 17.5. The molecular weight excluding hydrogens is 460 g/mol. The molecular formula is C22H38N6O5S. The van der Waals surface area contributed by atoms with Crippen molar-refractivity contribution in [2.45, 2.75) is 71.1 Å². The number of carbonyl (C=O) groups excluding carboxylic acids is 3. The predicted octanol–water partition coefficient (Wildman–Crippen LogP) is 0.274. The lowest BCUT2D eigenvalue weighted by molar-refractivity contribution is -0.142. The van der Waals surface area contributed by atoms with Crippen LogP contribution in [0.15, 0.2) is 12.5 Å². The van der Waals surface area contributed by atoms with Gasteiger partial charge in [0.25, 0.3) is 0 Å². The summed E-state index contributed by atoms with van der Waals surface area (Å²) >= 11 is 1.49. The lowest BCUT2D eigenvalue weighted by Gasteiger charge is -2.26. The van der Waals surface area contributed by atoms with Crippen LogP contribution in [-0.4, -0.2) is 74.9 Å². The Morgan fingerprint density at radius 3 is 2.12 bits per heavy atom. The Labute approximate surface area is 204 Å². The van der Waals surface area contributed by atoms with Crippen LogP contribution in [-0.2, 0) is 25.6 Å². The average molecular weight is 499 g/mol. The zero-order valence-electron chi connectivity index (χ0n) is 20.5. The number of hydrogen-bond acceptors (Lipinski definition) is 7. The Morgan fingerprint density at radius 2 is 1.62 bits per heavy atom. The van der Waals surface area contributed by atoms with Crippen LogP contribution in [0.1, 0.15) is 46.2 Å². The van der Waals surface area contributed by atoms with E-state index >= 15 is 0 Å². The van der Waals surface area contributed by atoms with Crippen molar-refractivity contribution >= 4 is 35.5 Å². The molecule has 1 rings (SSSR count). The quantitative estimate of drug-likeness (QED) is 0.199. The second-order valence-corrected chi connectivity index (χ2v) is 9.97. The van der Waals surface area contributed by atoms with E-state index in [2.05, 4.69) is 25.9 Å². The van der Waals surface area contributed by atoms with E-state index in [1.165, 1.54) is 24.3 Å². The average Bonchev–Trinajstić information content (AvgIpc) is 3.27. The molecule has 0 aromatic carbocycles. The number of thioether (sulfide) groups is 1. The SMILES string of the molecule is CSCCC(NC(=O)C(CC(C)C)NC(=O)C(N)C(C)C)C(=O)NC(Cc1cnc[nH]1)C(=O)O. The molecule has 1 heterocycles. The largest absolute Gasteiger partial charge is 0.480 e. The number of carboxylic acid groups (broad SMARTS) is 1. The summed E-state index contributed by atoms with van der Waals surface area (Å²) in [6, 6.07) is -3.80. The van der Waals surface area contributed by atoms with Crippen LogP contribution >= 0.6 is 11.8 Å². The summed E-state index contributed by atoms with van der Waals surface area (Å²) in [5.41, 5.74) is 6.47. The number of aromatic nitrogens is 2. The van der Waals surface area contributed by atoms with Crippen molar-refractivity contribution < 1.29 is 24.3 Å². The van der Waals surface area contributed by atoms with Crippen LogP contribution in [0.5, 0.6) is 0 Å². The topological polar surface area (TPSA) is 179 Å². The van der Waals surface area contributed by atoms with Crippen LogP contribution < -0.4 is 21.7 Å². The maximum absolute atomic E-state index is 13.1. The second kappa shape index (κ2) is 14.6. The van der Waals surface area contributed by atoms with Crippen LogP contribution in [0, 0.1) is 11.8 Å². The molecule has 192 valence electrons. The van der Waals surface area contributed by atoms with Gasteiger partial charge in [0.15, 0.2) is 0 Å². The van der Waals surface area contributed by atoms with Gasteiger partial charge in [0.05, 0.1) is 12.4 Å². The number of aliphatic carboxylic acids is 1. The molecule has 4 atom stereocenters. The Morgan fingerprint density at radius 1 is 1.03 bits per heavy atom. The molecule has 1 aromatic rings. The third kappa shape index (κ3) is 10.1. The number of imidazole rings is 1. The van der Waals surface area contributed by atoms with Crippen molar-refractivity contribution in [1.29, 1.82) is 0 Å². The van der Waals surface area contributed by atoms with Crippen molar-refractivity contribution in [2.24, 2.45) is 17.6 Å². The van der Waals surface area contributed by atoms with E-state index in [9.17, 15) is 24.3 Å². The predicted molar refractivity (Wildman–Crippen MR) is 131 cm³/mol.